The molecule has 1 fully saturated rings. The molecule has 19 heavy (non-hydrogen) atoms. The van der Waals surface area contributed by atoms with Gasteiger partial charge in [0.2, 0.25) is 10.0 Å². The molecule has 0 N–H and O–H groups in total. The Bertz CT molecular complexity index is 485. The van der Waals surface area contributed by atoms with Gasteiger partial charge in [0, 0.05) is 38.1 Å². The first kappa shape index (κ1) is 15.0. The monoisotopic (exact) mass is 346 g/mol. The zero-order chi connectivity index (χ0) is 13.7. The van der Waals surface area contributed by atoms with Gasteiger partial charge in [-0.05, 0) is 5.56 Å². The number of piperazine rings is 1. The number of halogens is 1. The second-order valence-corrected chi connectivity index (χ2v) is 7.43. The topological polar surface area (TPSA) is 40.6 Å². The molecule has 1 aliphatic rings. The minimum absolute atomic E-state index is 0.103. The number of hydrogen-bond acceptors (Lipinski definition) is 3. The summed E-state index contributed by atoms with van der Waals surface area (Å²) >= 11 is 3.41. The molecule has 0 radical (unpaired) electrons. The molecule has 0 amide bonds. The molecule has 1 aliphatic heterocycles. The standard InChI is InChI=1S/C13H19BrN2O2S/c14-6-7-15-8-10-16(11-9-15)19(17,18)12-13-4-2-1-3-5-13/h1-5H,6-12H2. The molecule has 1 aromatic rings. The molecule has 6 heteroatoms. The van der Waals surface area contributed by atoms with Gasteiger partial charge in [0.1, 0.15) is 0 Å². The van der Waals surface area contributed by atoms with Crippen molar-refractivity contribution >= 4 is 26.0 Å². The molecule has 2 rings (SSSR count). The van der Waals surface area contributed by atoms with E-state index in [9.17, 15) is 8.42 Å². The number of alkyl halides is 1. The minimum Gasteiger partial charge on any atom is -0.300 e. The Morgan fingerprint density at radius 3 is 2.26 bits per heavy atom. The van der Waals surface area contributed by atoms with E-state index in [1.54, 1.807) is 4.31 Å². The third-order valence-corrected chi connectivity index (χ3v) is 5.52. The zero-order valence-corrected chi connectivity index (χ0v) is 13.2. The lowest BCUT2D eigenvalue weighted by Crippen LogP contribution is -2.49. The molecular formula is C13H19BrN2O2S. The summed E-state index contributed by atoms with van der Waals surface area (Å²) in [5.41, 5.74) is 0.852. The van der Waals surface area contributed by atoms with Crippen molar-refractivity contribution in [2.45, 2.75) is 5.75 Å². The fourth-order valence-electron chi connectivity index (χ4n) is 2.23. The van der Waals surface area contributed by atoms with Crippen LogP contribution in [0.5, 0.6) is 0 Å². The molecule has 0 atom stereocenters. The van der Waals surface area contributed by atoms with E-state index in [1.165, 1.54) is 0 Å². The van der Waals surface area contributed by atoms with Gasteiger partial charge in [-0.25, -0.2) is 8.42 Å². The SMILES string of the molecule is O=S(=O)(Cc1ccccc1)N1CCN(CCBr)CC1. The van der Waals surface area contributed by atoms with Gasteiger partial charge in [-0.15, -0.1) is 0 Å². The normalized spacial score (nSPS) is 18.6. The van der Waals surface area contributed by atoms with Gasteiger partial charge >= 0.3 is 0 Å². The summed E-state index contributed by atoms with van der Waals surface area (Å²) in [6.45, 7) is 3.82. The van der Waals surface area contributed by atoms with E-state index >= 15 is 0 Å². The van der Waals surface area contributed by atoms with Crippen molar-refractivity contribution < 1.29 is 8.42 Å². The van der Waals surface area contributed by atoms with E-state index in [2.05, 4.69) is 20.8 Å². The summed E-state index contributed by atoms with van der Waals surface area (Å²) in [4.78, 5) is 2.28. The van der Waals surface area contributed by atoms with Crippen molar-refractivity contribution in [3.8, 4) is 0 Å². The molecular weight excluding hydrogens is 328 g/mol. The summed E-state index contributed by atoms with van der Waals surface area (Å²) < 4.78 is 26.3. The van der Waals surface area contributed by atoms with Crippen LogP contribution in [-0.2, 0) is 15.8 Å². The Morgan fingerprint density at radius 1 is 1.05 bits per heavy atom. The largest absolute Gasteiger partial charge is 0.300 e. The molecule has 0 bridgehead atoms. The number of sulfonamides is 1. The number of hydrogen-bond donors (Lipinski definition) is 0. The molecule has 0 unspecified atom stereocenters. The lowest BCUT2D eigenvalue weighted by molar-refractivity contribution is 0.198. The number of rotatable bonds is 5. The summed E-state index contributed by atoms with van der Waals surface area (Å²) in [6.07, 6.45) is 0. The Balaban J connectivity index is 1.94. The van der Waals surface area contributed by atoms with Crippen molar-refractivity contribution in [3.05, 3.63) is 35.9 Å². The van der Waals surface area contributed by atoms with Crippen LogP contribution in [0.3, 0.4) is 0 Å². The number of nitrogens with zero attached hydrogens (tertiary/aromatic N) is 2. The van der Waals surface area contributed by atoms with Crippen LogP contribution in [0.4, 0.5) is 0 Å². The molecule has 106 valence electrons. The van der Waals surface area contributed by atoms with E-state index in [0.717, 1.165) is 30.5 Å². The van der Waals surface area contributed by atoms with Crippen molar-refractivity contribution in [2.24, 2.45) is 0 Å². The van der Waals surface area contributed by atoms with Crippen molar-refractivity contribution in [1.29, 1.82) is 0 Å². The summed E-state index contributed by atoms with van der Waals surface area (Å²) in [5, 5.41) is 0.934. The summed E-state index contributed by atoms with van der Waals surface area (Å²) in [5.74, 6) is 0.103. The summed E-state index contributed by atoms with van der Waals surface area (Å²) in [6, 6.07) is 9.37. The van der Waals surface area contributed by atoms with Crippen molar-refractivity contribution in [1.82, 2.24) is 9.21 Å². The van der Waals surface area contributed by atoms with Crippen LogP contribution in [0.2, 0.25) is 0 Å². The molecule has 0 saturated carbocycles. The highest BCUT2D eigenvalue weighted by Gasteiger charge is 2.26. The first-order valence-corrected chi connectivity index (χ1v) is 9.15. The Hall–Kier alpha value is -0.430. The molecule has 1 heterocycles. The zero-order valence-electron chi connectivity index (χ0n) is 10.8. The maximum absolute atomic E-state index is 12.3. The lowest BCUT2D eigenvalue weighted by atomic mass is 10.2. The minimum atomic E-state index is -3.18. The molecule has 1 aromatic carbocycles. The lowest BCUT2D eigenvalue weighted by Gasteiger charge is -2.33. The third kappa shape index (κ3) is 4.27. The Morgan fingerprint density at radius 2 is 1.68 bits per heavy atom. The second-order valence-electron chi connectivity index (χ2n) is 4.67. The highest BCUT2D eigenvalue weighted by atomic mass is 79.9. The Labute approximate surface area is 123 Å². The van der Waals surface area contributed by atoms with Crippen LogP contribution in [-0.4, -0.2) is 55.7 Å². The van der Waals surface area contributed by atoms with Crippen LogP contribution in [0.1, 0.15) is 5.56 Å². The maximum Gasteiger partial charge on any atom is 0.218 e. The van der Waals surface area contributed by atoms with Crippen LogP contribution in [0.25, 0.3) is 0 Å². The van der Waals surface area contributed by atoms with Gasteiger partial charge in [0.15, 0.2) is 0 Å². The maximum atomic E-state index is 12.3. The van der Waals surface area contributed by atoms with Gasteiger partial charge in [-0.3, -0.25) is 4.90 Å². The van der Waals surface area contributed by atoms with E-state index in [1.807, 2.05) is 30.3 Å². The molecule has 1 saturated heterocycles. The fourth-order valence-corrected chi connectivity index (χ4v) is 4.24. The van der Waals surface area contributed by atoms with Gasteiger partial charge in [0.25, 0.3) is 0 Å². The summed E-state index contributed by atoms with van der Waals surface area (Å²) in [7, 11) is -3.18. The second kappa shape index (κ2) is 6.83. The highest BCUT2D eigenvalue weighted by molar-refractivity contribution is 9.09. The fraction of sp³-hybridized carbons (Fsp3) is 0.538. The van der Waals surface area contributed by atoms with E-state index in [4.69, 9.17) is 0 Å². The number of benzene rings is 1. The first-order chi connectivity index (χ1) is 9.12. The van der Waals surface area contributed by atoms with E-state index in [0.29, 0.717) is 13.1 Å². The van der Waals surface area contributed by atoms with Crippen LogP contribution >= 0.6 is 15.9 Å². The highest BCUT2D eigenvalue weighted by Crippen LogP contribution is 2.13. The third-order valence-electron chi connectivity index (χ3n) is 3.32. The average molecular weight is 347 g/mol. The first-order valence-electron chi connectivity index (χ1n) is 6.42. The van der Waals surface area contributed by atoms with Crippen molar-refractivity contribution in [3.63, 3.8) is 0 Å². The predicted molar refractivity (Wildman–Crippen MR) is 80.9 cm³/mol. The Kier molecular flexibility index (Phi) is 5.38. The van der Waals surface area contributed by atoms with Gasteiger partial charge in [0.05, 0.1) is 5.75 Å². The van der Waals surface area contributed by atoms with Gasteiger partial charge in [-0.2, -0.15) is 4.31 Å². The molecule has 0 aromatic heterocycles. The van der Waals surface area contributed by atoms with Gasteiger partial charge < -0.3 is 0 Å². The average Bonchev–Trinajstić information content (AvgIpc) is 2.40. The molecule has 0 aliphatic carbocycles. The smallest absolute Gasteiger partial charge is 0.218 e. The van der Waals surface area contributed by atoms with Crippen LogP contribution in [0, 0.1) is 0 Å². The van der Waals surface area contributed by atoms with E-state index < -0.39 is 10.0 Å². The van der Waals surface area contributed by atoms with Crippen LogP contribution in [0.15, 0.2) is 30.3 Å². The molecule has 4 nitrogen and oxygen atoms in total. The molecule has 0 spiro atoms. The van der Waals surface area contributed by atoms with E-state index in [-0.39, 0.29) is 5.75 Å². The predicted octanol–water partition coefficient (Wildman–Crippen LogP) is 1.53. The van der Waals surface area contributed by atoms with Crippen molar-refractivity contribution in [2.75, 3.05) is 38.1 Å². The van der Waals surface area contributed by atoms with Gasteiger partial charge in [-0.1, -0.05) is 46.3 Å². The quantitative estimate of drug-likeness (QED) is 0.759. The van der Waals surface area contributed by atoms with Crippen LogP contribution < -0.4 is 0 Å².